The van der Waals surface area contributed by atoms with Gasteiger partial charge in [-0.05, 0) is 31.4 Å². The summed E-state index contributed by atoms with van der Waals surface area (Å²) in [5.74, 6) is -0.289. The van der Waals surface area contributed by atoms with Crippen LogP contribution in [0.2, 0.25) is 0 Å². The van der Waals surface area contributed by atoms with E-state index in [4.69, 9.17) is 0 Å². The Bertz CT molecular complexity index is 808. The highest BCUT2D eigenvalue weighted by atomic mass is 32.1. The van der Waals surface area contributed by atoms with Gasteiger partial charge in [0, 0.05) is 17.3 Å². The van der Waals surface area contributed by atoms with Crippen molar-refractivity contribution in [1.82, 2.24) is 19.9 Å². The summed E-state index contributed by atoms with van der Waals surface area (Å²) in [5, 5.41) is 19.4. The molecule has 3 aromatic rings. The molecule has 0 saturated heterocycles. The molecule has 6 nitrogen and oxygen atoms in total. The molecular weight excluding hydrogens is 300 g/mol. The van der Waals surface area contributed by atoms with Crippen molar-refractivity contribution >= 4 is 22.9 Å². The Hall–Kier alpha value is -2.25. The van der Waals surface area contributed by atoms with Crippen LogP contribution < -0.4 is 5.32 Å². The molecule has 3 heterocycles. The van der Waals surface area contributed by atoms with Gasteiger partial charge < -0.3 is 10.4 Å². The molecule has 114 valence electrons. The van der Waals surface area contributed by atoms with Crippen molar-refractivity contribution in [3.63, 3.8) is 0 Å². The smallest absolute Gasteiger partial charge is 0.257 e. The highest BCUT2D eigenvalue weighted by Crippen LogP contribution is 2.24. The molecule has 0 aliphatic heterocycles. The molecule has 1 amide bonds. The Labute approximate surface area is 131 Å². The third-order valence-corrected chi connectivity index (χ3v) is 4.57. The highest BCUT2D eigenvalue weighted by molar-refractivity contribution is 7.10. The lowest BCUT2D eigenvalue weighted by atomic mass is 10.1. The first-order valence-electron chi connectivity index (χ1n) is 6.83. The number of aromatic nitrogens is 3. The summed E-state index contributed by atoms with van der Waals surface area (Å²) in [5.41, 5.74) is 0.441. The Morgan fingerprint density at radius 2 is 2.32 bits per heavy atom. The van der Waals surface area contributed by atoms with Gasteiger partial charge in [0.1, 0.15) is 11.2 Å². The second-order valence-corrected chi connectivity index (χ2v) is 6.23. The third kappa shape index (κ3) is 2.60. The minimum atomic E-state index is -1.10. The minimum Gasteiger partial charge on any atom is -0.383 e. The molecule has 22 heavy (non-hydrogen) atoms. The van der Waals surface area contributed by atoms with Crippen LogP contribution in [-0.2, 0) is 5.60 Å². The van der Waals surface area contributed by atoms with Crippen LogP contribution in [0.25, 0.3) is 5.65 Å². The molecule has 0 aromatic carbocycles. The molecule has 0 radical (unpaired) electrons. The largest absolute Gasteiger partial charge is 0.383 e. The predicted octanol–water partition coefficient (Wildman–Crippen LogP) is 1.74. The lowest BCUT2D eigenvalue weighted by Crippen LogP contribution is -2.38. The summed E-state index contributed by atoms with van der Waals surface area (Å²) in [7, 11) is 0. The number of carbonyl (C=O) groups is 1. The second-order valence-electron chi connectivity index (χ2n) is 5.28. The Morgan fingerprint density at radius 1 is 1.50 bits per heavy atom. The van der Waals surface area contributed by atoms with Gasteiger partial charge in [-0.25, -0.2) is 9.50 Å². The number of hydrogen-bond acceptors (Lipinski definition) is 5. The third-order valence-electron chi connectivity index (χ3n) is 3.44. The molecule has 0 saturated carbocycles. The molecule has 1 unspecified atom stereocenters. The van der Waals surface area contributed by atoms with E-state index in [1.165, 1.54) is 11.3 Å². The van der Waals surface area contributed by atoms with E-state index < -0.39 is 5.60 Å². The zero-order valence-electron chi connectivity index (χ0n) is 12.3. The maximum absolute atomic E-state index is 12.4. The van der Waals surface area contributed by atoms with Gasteiger partial charge in [0.05, 0.1) is 12.2 Å². The summed E-state index contributed by atoms with van der Waals surface area (Å²) in [4.78, 5) is 17.4. The average Bonchev–Trinajstić information content (AvgIpc) is 3.12. The molecular formula is C15H16N4O2S. The average molecular weight is 316 g/mol. The highest BCUT2D eigenvalue weighted by Gasteiger charge is 2.26. The van der Waals surface area contributed by atoms with E-state index in [9.17, 15) is 9.90 Å². The lowest BCUT2D eigenvalue weighted by molar-refractivity contribution is 0.0557. The lowest BCUT2D eigenvalue weighted by Gasteiger charge is -2.22. The van der Waals surface area contributed by atoms with Crippen molar-refractivity contribution in [1.29, 1.82) is 0 Å². The summed E-state index contributed by atoms with van der Waals surface area (Å²) in [6, 6.07) is 5.47. The molecule has 3 aromatic heterocycles. The van der Waals surface area contributed by atoms with Gasteiger partial charge in [-0.3, -0.25) is 4.79 Å². The molecule has 0 spiro atoms. The fraction of sp³-hybridized carbons (Fsp3) is 0.267. The van der Waals surface area contributed by atoms with Crippen LogP contribution in [0.15, 0.2) is 36.0 Å². The number of aliphatic hydroxyl groups is 1. The van der Waals surface area contributed by atoms with Gasteiger partial charge in [-0.15, -0.1) is 11.3 Å². The van der Waals surface area contributed by atoms with Crippen LogP contribution in [0.3, 0.4) is 0 Å². The van der Waals surface area contributed by atoms with E-state index in [1.54, 1.807) is 36.8 Å². The van der Waals surface area contributed by atoms with Crippen LogP contribution in [0.5, 0.6) is 0 Å². The molecule has 2 N–H and O–H groups in total. The fourth-order valence-corrected chi connectivity index (χ4v) is 3.06. The molecule has 0 aliphatic rings. The number of aryl methyl sites for hydroxylation is 1. The van der Waals surface area contributed by atoms with Gasteiger partial charge >= 0.3 is 0 Å². The zero-order chi connectivity index (χ0) is 15.7. The van der Waals surface area contributed by atoms with Gasteiger partial charge in [0.25, 0.3) is 5.91 Å². The zero-order valence-corrected chi connectivity index (χ0v) is 13.1. The van der Waals surface area contributed by atoms with E-state index in [2.05, 4.69) is 15.4 Å². The number of amides is 1. The first kappa shape index (κ1) is 14.7. The van der Waals surface area contributed by atoms with Crippen molar-refractivity contribution < 1.29 is 9.90 Å². The van der Waals surface area contributed by atoms with Crippen molar-refractivity contribution in [2.75, 3.05) is 6.54 Å². The van der Waals surface area contributed by atoms with Crippen molar-refractivity contribution in [2.45, 2.75) is 19.4 Å². The fourth-order valence-electron chi connectivity index (χ4n) is 2.28. The SMILES string of the molecule is Cc1nn2cccnc2c1C(=O)NCC(C)(O)c1cccs1. The van der Waals surface area contributed by atoms with Crippen molar-refractivity contribution in [2.24, 2.45) is 0 Å². The van der Waals surface area contributed by atoms with Crippen LogP contribution >= 0.6 is 11.3 Å². The molecule has 3 rings (SSSR count). The Kier molecular flexibility index (Phi) is 3.67. The van der Waals surface area contributed by atoms with E-state index in [0.29, 0.717) is 16.9 Å². The summed E-state index contributed by atoms with van der Waals surface area (Å²) >= 11 is 1.45. The number of carbonyl (C=O) groups excluding carboxylic acids is 1. The van der Waals surface area contributed by atoms with Gasteiger partial charge in [-0.1, -0.05) is 6.07 Å². The van der Waals surface area contributed by atoms with Crippen LogP contribution in [0, 0.1) is 6.92 Å². The predicted molar refractivity (Wildman–Crippen MR) is 83.9 cm³/mol. The van der Waals surface area contributed by atoms with Gasteiger partial charge in [-0.2, -0.15) is 5.10 Å². The topological polar surface area (TPSA) is 79.5 Å². The monoisotopic (exact) mass is 316 g/mol. The van der Waals surface area contributed by atoms with Crippen LogP contribution in [-0.4, -0.2) is 32.2 Å². The van der Waals surface area contributed by atoms with Crippen molar-refractivity contribution in [3.05, 3.63) is 52.1 Å². The molecule has 7 heteroatoms. The summed E-state index contributed by atoms with van der Waals surface area (Å²) < 4.78 is 1.57. The van der Waals surface area contributed by atoms with Crippen molar-refractivity contribution in [3.8, 4) is 0 Å². The van der Waals surface area contributed by atoms with E-state index in [1.807, 2.05) is 17.5 Å². The first-order valence-corrected chi connectivity index (χ1v) is 7.71. The van der Waals surface area contributed by atoms with Crippen LogP contribution in [0.4, 0.5) is 0 Å². The van der Waals surface area contributed by atoms with Crippen LogP contribution in [0.1, 0.15) is 27.9 Å². The molecule has 1 atom stereocenters. The molecule has 0 aliphatic carbocycles. The number of nitrogens with zero attached hydrogens (tertiary/aromatic N) is 3. The minimum absolute atomic E-state index is 0.121. The molecule has 0 bridgehead atoms. The second kappa shape index (κ2) is 5.51. The maximum atomic E-state index is 12.4. The quantitative estimate of drug-likeness (QED) is 0.768. The number of hydrogen-bond donors (Lipinski definition) is 2. The summed E-state index contributed by atoms with van der Waals surface area (Å²) in [6.45, 7) is 3.57. The normalized spacial score (nSPS) is 14.0. The number of rotatable bonds is 4. The number of nitrogens with one attached hydrogen (secondary N) is 1. The number of fused-ring (bicyclic) bond motifs is 1. The van der Waals surface area contributed by atoms with Gasteiger partial charge in [0.15, 0.2) is 5.65 Å². The molecule has 0 fully saturated rings. The Balaban J connectivity index is 1.81. The maximum Gasteiger partial charge on any atom is 0.257 e. The van der Waals surface area contributed by atoms with E-state index >= 15 is 0 Å². The van der Waals surface area contributed by atoms with E-state index in [-0.39, 0.29) is 12.5 Å². The standard InChI is InChI=1S/C15H16N4O2S/c1-10-12(13-16-6-4-7-19(13)18-10)14(20)17-9-15(2,21)11-5-3-8-22-11/h3-8,21H,9H2,1-2H3,(H,17,20). The summed E-state index contributed by atoms with van der Waals surface area (Å²) in [6.07, 6.45) is 3.36. The first-order chi connectivity index (χ1) is 10.5. The number of thiophene rings is 1. The van der Waals surface area contributed by atoms with Gasteiger partial charge in [0.2, 0.25) is 0 Å². The van der Waals surface area contributed by atoms with E-state index in [0.717, 1.165) is 4.88 Å². The Morgan fingerprint density at radius 3 is 3.05 bits per heavy atom.